The molecular weight excluding hydrogens is 335 g/mol. The number of halogens is 2. The number of carbonyl (C=O) groups excluding carboxylic acids is 2. The van der Waals surface area contributed by atoms with Crippen LogP contribution in [0.25, 0.3) is 6.08 Å². The average Bonchev–Trinajstić information content (AvgIpc) is 2.59. The molecule has 0 fully saturated rings. The van der Waals surface area contributed by atoms with E-state index >= 15 is 0 Å². The molecule has 0 saturated carbocycles. The molecule has 2 N–H and O–H groups in total. The SMILES string of the molecule is O=C(NNC(=O)c1ccccc1F)C1=Cc2cc(Cl)ccc2OC1. The van der Waals surface area contributed by atoms with Crippen LogP contribution in [-0.2, 0) is 4.79 Å². The first kappa shape index (κ1) is 16.0. The molecule has 0 aliphatic carbocycles. The third kappa shape index (κ3) is 3.38. The first-order chi connectivity index (χ1) is 11.5. The zero-order valence-electron chi connectivity index (χ0n) is 12.3. The number of carbonyl (C=O) groups is 2. The number of hydrogen-bond donors (Lipinski definition) is 2. The summed E-state index contributed by atoms with van der Waals surface area (Å²) in [6.07, 6.45) is 1.62. The second kappa shape index (κ2) is 6.72. The van der Waals surface area contributed by atoms with Crippen LogP contribution in [0.4, 0.5) is 4.39 Å². The lowest BCUT2D eigenvalue weighted by Crippen LogP contribution is -2.43. The van der Waals surface area contributed by atoms with Crippen molar-refractivity contribution in [3.8, 4) is 5.75 Å². The van der Waals surface area contributed by atoms with Crippen LogP contribution in [0.2, 0.25) is 5.02 Å². The molecule has 3 rings (SSSR count). The lowest BCUT2D eigenvalue weighted by Gasteiger charge is -2.18. The maximum absolute atomic E-state index is 13.5. The number of hydrogen-bond acceptors (Lipinski definition) is 3. The van der Waals surface area contributed by atoms with Gasteiger partial charge in [0.25, 0.3) is 11.8 Å². The van der Waals surface area contributed by atoms with Crippen LogP contribution in [0.3, 0.4) is 0 Å². The van der Waals surface area contributed by atoms with Crippen LogP contribution in [0, 0.1) is 5.82 Å². The number of rotatable bonds is 2. The van der Waals surface area contributed by atoms with Gasteiger partial charge in [-0.25, -0.2) is 4.39 Å². The van der Waals surface area contributed by atoms with E-state index in [0.717, 1.165) is 6.07 Å². The molecule has 0 radical (unpaired) electrons. The lowest BCUT2D eigenvalue weighted by atomic mass is 10.1. The van der Waals surface area contributed by atoms with Gasteiger partial charge in [-0.1, -0.05) is 23.7 Å². The normalized spacial score (nSPS) is 12.5. The quantitative estimate of drug-likeness (QED) is 0.822. The molecule has 5 nitrogen and oxygen atoms in total. The fraction of sp³-hybridized carbons (Fsp3) is 0.0588. The Hall–Kier alpha value is -2.86. The summed E-state index contributed by atoms with van der Waals surface area (Å²) in [7, 11) is 0. The molecule has 7 heteroatoms. The number of hydrazine groups is 1. The monoisotopic (exact) mass is 346 g/mol. The molecule has 122 valence electrons. The topological polar surface area (TPSA) is 67.4 Å². The summed E-state index contributed by atoms with van der Waals surface area (Å²) in [6.45, 7) is 0.0516. The Morgan fingerprint density at radius 2 is 1.83 bits per heavy atom. The molecule has 0 aromatic heterocycles. The Morgan fingerprint density at radius 3 is 2.62 bits per heavy atom. The first-order valence-corrected chi connectivity index (χ1v) is 7.40. The predicted molar refractivity (Wildman–Crippen MR) is 86.9 cm³/mol. The van der Waals surface area contributed by atoms with Crippen LogP contribution in [0.15, 0.2) is 48.0 Å². The Kier molecular flexibility index (Phi) is 4.48. The van der Waals surface area contributed by atoms with Gasteiger partial charge in [0.15, 0.2) is 0 Å². The molecule has 0 saturated heterocycles. The van der Waals surface area contributed by atoms with Gasteiger partial charge in [0, 0.05) is 10.6 Å². The van der Waals surface area contributed by atoms with Crippen molar-refractivity contribution in [2.24, 2.45) is 0 Å². The third-order valence-electron chi connectivity index (χ3n) is 3.38. The molecule has 2 aromatic rings. The van der Waals surface area contributed by atoms with E-state index in [1.807, 2.05) is 0 Å². The zero-order chi connectivity index (χ0) is 17.1. The van der Waals surface area contributed by atoms with Crippen LogP contribution in [0.1, 0.15) is 15.9 Å². The van der Waals surface area contributed by atoms with Gasteiger partial charge in [-0.3, -0.25) is 20.4 Å². The molecular formula is C17H12ClFN2O3. The summed E-state index contributed by atoms with van der Waals surface area (Å²) in [5, 5.41) is 0.517. The standard InChI is InChI=1S/C17H12ClFN2O3/c18-12-5-6-15-10(8-12)7-11(9-24-15)16(22)20-21-17(23)13-3-1-2-4-14(13)19/h1-8H,9H2,(H,20,22)(H,21,23). The zero-order valence-corrected chi connectivity index (χ0v) is 13.1. The Labute approximate surface area is 142 Å². The van der Waals surface area contributed by atoms with E-state index in [-0.39, 0.29) is 12.2 Å². The van der Waals surface area contributed by atoms with Gasteiger partial charge in [-0.15, -0.1) is 0 Å². The third-order valence-corrected chi connectivity index (χ3v) is 3.62. The Balaban J connectivity index is 1.68. The smallest absolute Gasteiger partial charge is 0.272 e. The number of nitrogens with one attached hydrogen (secondary N) is 2. The lowest BCUT2D eigenvalue weighted by molar-refractivity contribution is -0.118. The molecule has 0 spiro atoms. The highest BCUT2D eigenvalue weighted by molar-refractivity contribution is 6.30. The number of fused-ring (bicyclic) bond motifs is 1. The van der Waals surface area contributed by atoms with E-state index in [1.165, 1.54) is 18.2 Å². The van der Waals surface area contributed by atoms with Gasteiger partial charge < -0.3 is 4.74 Å². The fourth-order valence-electron chi connectivity index (χ4n) is 2.19. The van der Waals surface area contributed by atoms with E-state index < -0.39 is 17.6 Å². The summed E-state index contributed by atoms with van der Waals surface area (Å²) in [5.74, 6) is -1.35. The highest BCUT2D eigenvalue weighted by atomic mass is 35.5. The molecule has 24 heavy (non-hydrogen) atoms. The summed E-state index contributed by atoms with van der Waals surface area (Å²) >= 11 is 5.91. The number of amides is 2. The highest BCUT2D eigenvalue weighted by Crippen LogP contribution is 2.28. The molecule has 1 heterocycles. The van der Waals surface area contributed by atoms with Gasteiger partial charge in [0.2, 0.25) is 0 Å². The molecule has 1 aliphatic heterocycles. The van der Waals surface area contributed by atoms with Gasteiger partial charge in [0.05, 0.1) is 11.1 Å². The van der Waals surface area contributed by atoms with Crippen LogP contribution >= 0.6 is 11.6 Å². The summed E-state index contributed by atoms with van der Waals surface area (Å²) in [4.78, 5) is 24.0. The van der Waals surface area contributed by atoms with E-state index in [1.54, 1.807) is 24.3 Å². The molecule has 0 unspecified atom stereocenters. The Morgan fingerprint density at radius 1 is 1.08 bits per heavy atom. The van der Waals surface area contributed by atoms with Gasteiger partial charge in [0.1, 0.15) is 18.2 Å². The molecule has 0 bridgehead atoms. The summed E-state index contributed by atoms with van der Waals surface area (Å²) in [6, 6.07) is 10.5. The second-order valence-corrected chi connectivity index (χ2v) is 5.46. The van der Waals surface area contributed by atoms with Crippen molar-refractivity contribution >= 4 is 29.5 Å². The van der Waals surface area contributed by atoms with Crippen LogP contribution in [0.5, 0.6) is 5.75 Å². The van der Waals surface area contributed by atoms with Crippen molar-refractivity contribution in [3.05, 3.63) is 70.0 Å². The van der Waals surface area contributed by atoms with E-state index in [0.29, 0.717) is 21.9 Å². The maximum atomic E-state index is 13.5. The van der Waals surface area contributed by atoms with Crippen molar-refractivity contribution in [1.29, 1.82) is 0 Å². The van der Waals surface area contributed by atoms with Crippen molar-refractivity contribution in [2.45, 2.75) is 0 Å². The van der Waals surface area contributed by atoms with Gasteiger partial charge >= 0.3 is 0 Å². The number of ether oxygens (including phenoxy) is 1. The minimum atomic E-state index is -0.748. The van der Waals surface area contributed by atoms with Crippen LogP contribution in [-0.4, -0.2) is 18.4 Å². The predicted octanol–water partition coefficient (Wildman–Crippen LogP) is 2.72. The van der Waals surface area contributed by atoms with Crippen molar-refractivity contribution in [1.82, 2.24) is 10.9 Å². The van der Waals surface area contributed by atoms with E-state index in [4.69, 9.17) is 16.3 Å². The van der Waals surface area contributed by atoms with E-state index in [9.17, 15) is 14.0 Å². The fourth-order valence-corrected chi connectivity index (χ4v) is 2.37. The molecule has 0 atom stereocenters. The maximum Gasteiger partial charge on any atom is 0.272 e. The molecule has 1 aliphatic rings. The second-order valence-electron chi connectivity index (χ2n) is 5.03. The largest absolute Gasteiger partial charge is 0.488 e. The van der Waals surface area contributed by atoms with Gasteiger partial charge in [-0.05, 0) is 36.4 Å². The van der Waals surface area contributed by atoms with Crippen molar-refractivity contribution in [3.63, 3.8) is 0 Å². The van der Waals surface area contributed by atoms with Crippen molar-refractivity contribution < 1.29 is 18.7 Å². The molecule has 2 amide bonds. The minimum Gasteiger partial charge on any atom is -0.488 e. The summed E-state index contributed by atoms with van der Waals surface area (Å²) < 4.78 is 19.0. The number of benzene rings is 2. The highest BCUT2D eigenvalue weighted by Gasteiger charge is 2.18. The average molecular weight is 347 g/mol. The first-order valence-electron chi connectivity index (χ1n) is 7.03. The Bertz CT molecular complexity index is 851. The summed E-state index contributed by atoms with van der Waals surface area (Å²) in [5.41, 5.74) is 5.22. The van der Waals surface area contributed by atoms with E-state index in [2.05, 4.69) is 10.9 Å². The minimum absolute atomic E-state index is 0.0516. The molecule has 2 aromatic carbocycles. The van der Waals surface area contributed by atoms with Crippen LogP contribution < -0.4 is 15.6 Å². The van der Waals surface area contributed by atoms with Crippen molar-refractivity contribution in [2.75, 3.05) is 6.61 Å². The van der Waals surface area contributed by atoms with Gasteiger partial charge in [-0.2, -0.15) is 0 Å².